The summed E-state index contributed by atoms with van der Waals surface area (Å²) in [6.07, 6.45) is 0. The second-order valence-corrected chi connectivity index (χ2v) is 7.91. The van der Waals surface area contributed by atoms with Gasteiger partial charge in [-0.05, 0) is 43.3 Å². The molecule has 0 unspecified atom stereocenters. The molecule has 0 atom stereocenters. The van der Waals surface area contributed by atoms with Crippen LogP contribution in [0.3, 0.4) is 0 Å². The molecule has 8 heteroatoms. The SMILES string of the molecule is CCN(c1ccccc1)S(=O)(=O)c1ccccc1NC(=O)c1ccc(F)cc1F. The normalized spacial score (nSPS) is 11.1. The maximum Gasteiger partial charge on any atom is 0.266 e. The van der Waals surface area contributed by atoms with Crippen LogP contribution in [0.5, 0.6) is 0 Å². The molecule has 5 nitrogen and oxygen atoms in total. The molecule has 0 radical (unpaired) electrons. The Labute approximate surface area is 167 Å². The molecule has 1 N–H and O–H groups in total. The molecule has 0 aliphatic heterocycles. The molecule has 150 valence electrons. The Bertz CT molecular complexity index is 1140. The Kier molecular flexibility index (Phi) is 5.93. The number of nitrogens with zero attached hydrogens (tertiary/aromatic N) is 1. The molecule has 0 saturated carbocycles. The highest BCUT2D eigenvalue weighted by Crippen LogP contribution is 2.28. The number of nitrogens with one attached hydrogen (secondary N) is 1. The van der Waals surface area contributed by atoms with Gasteiger partial charge in [0, 0.05) is 12.6 Å². The van der Waals surface area contributed by atoms with Gasteiger partial charge in [-0.3, -0.25) is 9.10 Å². The van der Waals surface area contributed by atoms with Gasteiger partial charge in [-0.15, -0.1) is 0 Å². The highest BCUT2D eigenvalue weighted by atomic mass is 32.2. The lowest BCUT2D eigenvalue weighted by Crippen LogP contribution is -2.31. The Balaban J connectivity index is 1.99. The molecule has 3 rings (SSSR count). The van der Waals surface area contributed by atoms with Crippen molar-refractivity contribution < 1.29 is 22.0 Å². The molecular weight excluding hydrogens is 398 g/mol. The number of hydrogen-bond donors (Lipinski definition) is 1. The molecule has 0 fully saturated rings. The fourth-order valence-corrected chi connectivity index (χ4v) is 4.49. The number of benzene rings is 3. The summed E-state index contributed by atoms with van der Waals surface area (Å²) in [6, 6.07) is 16.9. The summed E-state index contributed by atoms with van der Waals surface area (Å²) in [5, 5.41) is 2.42. The summed E-state index contributed by atoms with van der Waals surface area (Å²) in [5.41, 5.74) is 0.0744. The Morgan fingerprint density at radius 3 is 2.28 bits per heavy atom. The minimum absolute atomic E-state index is 0.00407. The molecule has 1 amide bonds. The molecule has 0 aromatic heterocycles. The van der Waals surface area contributed by atoms with Crippen molar-refractivity contribution in [2.24, 2.45) is 0 Å². The third-order valence-electron chi connectivity index (χ3n) is 4.21. The zero-order valence-electron chi connectivity index (χ0n) is 15.5. The predicted molar refractivity (Wildman–Crippen MR) is 107 cm³/mol. The highest BCUT2D eigenvalue weighted by Gasteiger charge is 2.27. The summed E-state index contributed by atoms with van der Waals surface area (Å²) in [5.74, 6) is -2.74. The Morgan fingerprint density at radius 1 is 0.966 bits per heavy atom. The Morgan fingerprint density at radius 2 is 1.62 bits per heavy atom. The van der Waals surface area contributed by atoms with Crippen molar-refractivity contribution in [2.75, 3.05) is 16.2 Å². The topological polar surface area (TPSA) is 66.5 Å². The molecule has 29 heavy (non-hydrogen) atoms. The first kappa shape index (κ1) is 20.5. The van der Waals surface area contributed by atoms with Crippen LogP contribution in [-0.2, 0) is 10.0 Å². The molecule has 0 aliphatic rings. The number of anilines is 2. The van der Waals surface area contributed by atoms with Crippen LogP contribution >= 0.6 is 0 Å². The van der Waals surface area contributed by atoms with Crippen molar-refractivity contribution in [3.05, 3.63) is 90.0 Å². The first-order chi connectivity index (χ1) is 13.8. The van der Waals surface area contributed by atoms with E-state index in [0.717, 1.165) is 12.1 Å². The van der Waals surface area contributed by atoms with E-state index in [1.54, 1.807) is 43.3 Å². The van der Waals surface area contributed by atoms with E-state index in [4.69, 9.17) is 0 Å². The number of amides is 1. The quantitative estimate of drug-likeness (QED) is 0.646. The van der Waals surface area contributed by atoms with E-state index in [2.05, 4.69) is 5.32 Å². The van der Waals surface area contributed by atoms with Crippen LogP contribution in [0, 0.1) is 11.6 Å². The number of rotatable bonds is 6. The summed E-state index contributed by atoms with van der Waals surface area (Å²) in [4.78, 5) is 12.3. The van der Waals surface area contributed by atoms with Gasteiger partial charge in [0.05, 0.1) is 16.9 Å². The summed E-state index contributed by atoms with van der Waals surface area (Å²) >= 11 is 0. The summed E-state index contributed by atoms with van der Waals surface area (Å²) in [7, 11) is -4.01. The minimum Gasteiger partial charge on any atom is -0.321 e. The van der Waals surface area contributed by atoms with Gasteiger partial charge in [0.25, 0.3) is 15.9 Å². The number of halogens is 2. The van der Waals surface area contributed by atoms with Gasteiger partial charge in [-0.2, -0.15) is 0 Å². The lowest BCUT2D eigenvalue weighted by atomic mass is 10.2. The fraction of sp³-hybridized carbons (Fsp3) is 0.0952. The standard InChI is InChI=1S/C21H18F2N2O3S/c1-2-25(16-8-4-3-5-9-16)29(27,28)20-11-7-6-10-19(20)24-21(26)17-13-12-15(22)14-18(17)23/h3-14H,2H2,1H3,(H,24,26). The van der Waals surface area contributed by atoms with Crippen LogP contribution < -0.4 is 9.62 Å². The fourth-order valence-electron chi connectivity index (χ4n) is 2.86. The van der Waals surface area contributed by atoms with Gasteiger partial charge in [0.1, 0.15) is 16.5 Å². The van der Waals surface area contributed by atoms with Crippen molar-refractivity contribution in [2.45, 2.75) is 11.8 Å². The van der Waals surface area contributed by atoms with Crippen LogP contribution in [-0.4, -0.2) is 20.9 Å². The average molecular weight is 416 g/mol. The van der Waals surface area contributed by atoms with Gasteiger partial charge < -0.3 is 5.32 Å². The predicted octanol–water partition coefficient (Wildman–Crippen LogP) is 4.43. The summed E-state index contributed by atoms with van der Waals surface area (Å²) < 4.78 is 54.7. The molecule has 0 bridgehead atoms. The van der Waals surface area contributed by atoms with Gasteiger partial charge in [0.15, 0.2) is 0 Å². The van der Waals surface area contributed by atoms with E-state index in [1.165, 1.54) is 22.5 Å². The van der Waals surface area contributed by atoms with E-state index >= 15 is 0 Å². The molecule has 0 heterocycles. The number of hydrogen-bond acceptors (Lipinski definition) is 3. The zero-order chi connectivity index (χ0) is 21.0. The Hall–Kier alpha value is -3.26. The highest BCUT2D eigenvalue weighted by molar-refractivity contribution is 7.93. The van der Waals surface area contributed by atoms with Crippen molar-refractivity contribution in [3.8, 4) is 0 Å². The van der Waals surface area contributed by atoms with Crippen LogP contribution in [0.25, 0.3) is 0 Å². The molecule has 0 aliphatic carbocycles. The second-order valence-electron chi connectivity index (χ2n) is 6.08. The van der Waals surface area contributed by atoms with Gasteiger partial charge in [0.2, 0.25) is 0 Å². The molecule has 3 aromatic carbocycles. The lowest BCUT2D eigenvalue weighted by Gasteiger charge is -2.24. The number of carbonyl (C=O) groups is 1. The number of para-hydroxylation sites is 2. The van der Waals surface area contributed by atoms with E-state index in [9.17, 15) is 22.0 Å². The van der Waals surface area contributed by atoms with Crippen LogP contribution in [0.15, 0.2) is 77.7 Å². The van der Waals surface area contributed by atoms with E-state index < -0.39 is 33.1 Å². The smallest absolute Gasteiger partial charge is 0.266 e. The lowest BCUT2D eigenvalue weighted by molar-refractivity contribution is 0.102. The van der Waals surface area contributed by atoms with Crippen LogP contribution in [0.4, 0.5) is 20.2 Å². The van der Waals surface area contributed by atoms with E-state index in [1.807, 2.05) is 0 Å². The average Bonchev–Trinajstić information content (AvgIpc) is 2.69. The van der Waals surface area contributed by atoms with Gasteiger partial charge in [-0.25, -0.2) is 17.2 Å². The van der Waals surface area contributed by atoms with Crippen LogP contribution in [0.2, 0.25) is 0 Å². The van der Waals surface area contributed by atoms with Crippen molar-refractivity contribution in [1.82, 2.24) is 0 Å². The summed E-state index contributed by atoms with van der Waals surface area (Å²) in [6.45, 7) is 1.86. The van der Waals surface area contributed by atoms with Crippen molar-refractivity contribution in [3.63, 3.8) is 0 Å². The largest absolute Gasteiger partial charge is 0.321 e. The van der Waals surface area contributed by atoms with Crippen molar-refractivity contribution >= 4 is 27.3 Å². The van der Waals surface area contributed by atoms with Gasteiger partial charge >= 0.3 is 0 Å². The van der Waals surface area contributed by atoms with E-state index in [-0.39, 0.29) is 17.1 Å². The molecule has 0 spiro atoms. The third kappa shape index (κ3) is 4.27. The minimum atomic E-state index is -4.01. The molecule has 0 saturated heterocycles. The van der Waals surface area contributed by atoms with E-state index in [0.29, 0.717) is 11.8 Å². The zero-order valence-corrected chi connectivity index (χ0v) is 16.3. The number of sulfonamides is 1. The van der Waals surface area contributed by atoms with Gasteiger partial charge in [-0.1, -0.05) is 30.3 Å². The first-order valence-electron chi connectivity index (χ1n) is 8.78. The van der Waals surface area contributed by atoms with Crippen molar-refractivity contribution in [1.29, 1.82) is 0 Å². The number of carbonyl (C=O) groups excluding carboxylic acids is 1. The van der Waals surface area contributed by atoms with Crippen LogP contribution in [0.1, 0.15) is 17.3 Å². The molecule has 3 aromatic rings. The third-order valence-corrected chi connectivity index (χ3v) is 6.17. The molecular formula is C21H18F2N2O3S. The maximum atomic E-state index is 13.9. The monoisotopic (exact) mass is 416 g/mol. The first-order valence-corrected chi connectivity index (χ1v) is 10.2. The second kappa shape index (κ2) is 8.40. The maximum absolute atomic E-state index is 13.9.